The summed E-state index contributed by atoms with van der Waals surface area (Å²) in [5.41, 5.74) is 4.75. The number of likely N-dealkylation sites (N-methyl/N-ethyl adjacent to an activating group) is 1. The van der Waals surface area contributed by atoms with E-state index in [1.54, 1.807) is 11.3 Å². The van der Waals surface area contributed by atoms with Gasteiger partial charge >= 0.3 is 0 Å². The highest BCUT2D eigenvalue weighted by Crippen LogP contribution is 2.43. The van der Waals surface area contributed by atoms with E-state index in [-0.39, 0.29) is 0 Å². The molecule has 19 heavy (non-hydrogen) atoms. The van der Waals surface area contributed by atoms with Crippen LogP contribution in [0.25, 0.3) is 10.9 Å². The number of hydrogen-bond acceptors (Lipinski definition) is 1. The lowest BCUT2D eigenvalue weighted by molar-refractivity contribution is 0.266. The fourth-order valence-corrected chi connectivity index (χ4v) is 3.72. The third-order valence-electron chi connectivity index (χ3n) is 4.92. The van der Waals surface area contributed by atoms with Crippen LogP contribution < -0.4 is 0 Å². The van der Waals surface area contributed by atoms with Crippen LogP contribution in [0.4, 0.5) is 0 Å². The highest BCUT2D eigenvalue weighted by atomic mass is 15.1. The summed E-state index contributed by atoms with van der Waals surface area (Å²) in [5, 5.41) is 1.51. The van der Waals surface area contributed by atoms with Gasteiger partial charge in [0.25, 0.3) is 0 Å². The lowest BCUT2D eigenvalue weighted by atomic mass is 9.91. The first-order chi connectivity index (χ1) is 9.25. The zero-order valence-corrected chi connectivity index (χ0v) is 11.9. The Balaban J connectivity index is 1.90. The first kappa shape index (κ1) is 11.5. The van der Waals surface area contributed by atoms with E-state index in [0.717, 1.165) is 6.04 Å². The van der Waals surface area contributed by atoms with Crippen molar-refractivity contribution in [3.8, 4) is 0 Å². The van der Waals surface area contributed by atoms with Crippen molar-refractivity contribution in [1.29, 1.82) is 0 Å². The Kier molecular flexibility index (Phi) is 2.49. The molecule has 0 bridgehead atoms. The van der Waals surface area contributed by atoms with E-state index in [0.29, 0.717) is 6.04 Å². The molecule has 2 aliphatic rings. The quantitative estimate of drug-likeness (QED) is 0.797. The van der Waals surface area contributed by atoms with E-state index in [4.69, 9.17) is 0 Å². The predicted molar refractivity (Wildman–Crippen MR) is 79.7 cm³/mol. The first-order valence-electron chi connectivity index (χ1n) is 7.53. The molecule has 2 nitrogen and oxygen atoms in total. The highest BCUT2D eigenvalue weighted by molar-refractivity contribution is 5.86. The molecule has 0 aliphatic heterocycles. The standard InChI is InChI=1S/C17H22N2/c1-18(2)13-9-10-17-15(11-13)14-5-3-4-6-16(14)19(17)12-7-8-12/h3-6,12-13H,7-11H2,1-2H3. The van der Waals surface area contributed by atoms with Gasteiger partial charge in [-0.3, -0.25) is 0 Å². The topological polar surface area (TPSA) is 8.17 Å². The molecule has 1 heterocycles. The molecule has 0 N–H and O–H groups in total. The molecule has 0 saturated heterocycles. The van der Waals surface area contributed by atoms with Crippen molar-refractivity contribution in [3.05, 3.63) is 35.5 Å². The van der Waals surface area contributed by atoms with E-state index < -0.39 is 0 Å². The van der Waals surface area contributed by atoms with E-state index in [1.807, 2.05) is 0 Å². The van der Waals surface area contributed by atoms with Crippen LogP contribution in [0.1, 0.15) is 36.6 Å². The SMILES string of the molecule is CN(C)C1CCc2c(c3ccccc3n2C2CC2)C1. The maximum absolute atomic E-state index is 2.66. The Hall–Kier alpha value is -1.28. The van der Waals surface area contributed by atoms with Crippen LogP contribution in [-0.4, -0.2) is 29.6 Å². The van der Waals surface area contributed by atoms with Gasteiger partial charge < -0.3 is 9.47 Å². The molecule has 0 spiro atoms. The second-order valence-corrected chi connectivity index (χ2v) is 6.40. The van der Waals surface area contributed by atoms with Gasteiger partial charge in [-0.25, -0.2) is 0 Å². The van der Waals surface area contributed by atoms with Gasteiger partial charge in [-0.05, 0) is 57.8 Å². The molecule has 1 saturated carbocycles. The van der Waals surface area contributed by atoms with Gasteiger partial charge in [0.15, 0.2) is 0 Å². The molecule has 1 atom stereocenters. The Bertz CT molecular complexity index is 619. The van der Waals surface area contributed by atoms with E-state index in [9.17, 15) is 0 Å². The second kappa shape index (κ2) is 4.11. The van der Waals surface area contributed by atoms with Crippen LogP contribution in [0.5, 0.6) is 0 Å². The van der Waals surface area contributed by atoms with Gasteiger partial charge in [-0.15, -0.1) is 0 Å². The molecule has 2 aliphatic carbocycles. The van der Waals surface area contributed by atoms with Crippen LogP contribution in [0.15, 0.2) is 24.3 Å². The zero-order valence-electron chi connectivity index (χ0n) is 11.9. The normalized spacial score (nSPS) is 23.0. The summed E-state index contributed by atoms with van der Waals surface area (Å²) in [6, 6.07) is 10.5. The monoisotopic (exact) mass is 254 g/mol. The third-order valence-corrected chi connectivity index (χ3v) is 4.92. The van der Waals surface area contributed by atoms with Gasteiger partial charge in [0.05, 0.1) is 0 Å². The van der Waals surface area contributed by atoms with Crippen LogP contribution in [0.3, 0.4) is 0 Å². The first-order valence-corrected chi connectivity index (χ1v) is 7.53. The molecule has 0 amide bonds. The average Bonchev–Trinajstić information content (AvgIpc) is 3.20. The summed E-state index contributed by atoms with van der Waals surface area (Å²) in [7, 11) is 4.44. The van der Waals surface area contributed by atoms with Gasteiger partial charge in [-0.2, -0.15) is 0 Å². The van der Waals surface area contributed by atoms with Crippen LogP contribution in [0, 0.1) is 0 Å². The molecule has 100 valence electrons. The highest BCUT2D eigenvalue weighted by Gasteiger charge is 2.32. The van der Waals surface area contributed by atoms with Crippen molar-refractivity contribution in [1.82, 2.24) is 9.47 Å². The number of benzene rings is 1. The maximum atomic E-state index is 2.66. The minimum absolute atomic E-state index is 0.714. The van der Waals surface area contributed by atoms with Crippen molar-refractivity contribution in [3.63, 3.8) is 0 Å². The molecule has 2 heteroatoms. The molecular weight excluding hydrogens is 232 g/mol. The van der Waals surface area contributed by atoms with Gasteiger partial charge in [0.2, 0.25) is 0 Å². The molecular formula is C17H22N2. The number of nitrogens with zero attached hydrogens (tertiary/aromatic N) is 2. The number of fused-ring (bicyclic) bond motifs is 3. The summed E-state index contributed by atoms with van der Waals surface area (Å²) in [6.45, 7) is 0. The minimum Gasteiger partial charge on any atom is -0.341 e. The van der Waals surface area contributed by atoms with Crippen LogP contribution in [0.2, 0.25) is 0 Å². The lowest BCUT2D eigenvalue weighted by Crippen LogP contribution is -2.33. The van der Waals surface area contributed by atoms with Crippen molar-refractivity contribution >= 4 is 10.9 Å². The fourth-order valence-electron chi connectivity index (χ4n) is 3.72. The number of hydrogen-bond donors (Lipinski definition) is 0. The summed E-state index contributed by atoms with van der Waals surface area (Å²) in [4.78, 5) is 2.40. The summed E-state index contributed by atoms with van der Waals surface area (Å²) in [5.74, 6) is 0. The van der Waals surface area contributed by atoms with Crippen molar-refractivity contribution in [2.45, 2.75) is 44.2 Å². The van der Waals surface area contributed by atoms with Gasteiger partial charge in [0, 0.05) is 28.7 Å². The van der Waals surface area contributed by atoms with Gasteiger partial charge in [0.1, 0.15) is 0 Å². The number of aromatic nitrogens is 1. The number of para-hydroxylation sites is 1. The predicted octanol–water partition coefficient (Wildman–Crippen LogP) is 3.40. The lowest BCUT2D eigenvalue weighted by Gasteiger charge is -2.29. The molecule has 1 aromatic carbocycles. The summed E-state index contributed by atoms with van der Waals surface area (Å²) < 4.78 is 2.66. The Morgan fingerprint density at radius 2 is 1.89 bits per heavy atom. The van der Waals surface area contributed by atoms with Crippen molar-refractivity contribution < 1.29 is 0 Å². The zero-order chi connectivity index (χ0) is 13.0. The van der Waals surface area contributed by atoms with Crippen molar-refractivity contribution in [2.75, 3.05) is 14.1 Å². The summed E-state index contributed by atoms with van der Waals surface area (Å²) in [6.07, 6.45) is 6.54. The van der Waals surface area contributed by atoms with E-state index in [1.165, 1.54) is 43.0 Å². The third kappa shape index (κ3) is 1.73. The second-order valence-electron chi connectivity index (χ2n) is 6.40. The molecule has 0 radical (unpaired) electrons. The van der Waals surface area contributed by atoms with Gasteiger partial charge in [-0.1, -0.05) is 18.2 Å². The Labute approximate surface area is 115 Å². The van der Waals surface area contributed by atoms with E-state index >= 15 is 0 Å². The molecule has 1 fully saturated rings. The van der Waals surface area contributed by atoms with E-state index in [2.05, 4.69) is 47.8 Å². The Morgan fingerprint density at radius 1 is 1.11 bits per heavy atom. The van der Waals surface area contributed by atoms with Crippen LogP contribution >= 0.6 is 0 Å². The fraction of sp³-hybridized carbons (Fsp3) is 0.529. The Morgan fingerprint density at radius 3 is 2.63 bits per heavy atom. The van der Waals surface area contributed by atoms with Crippen LogP contribution in [-0.2, 0) is 12.8 Å². The molecule has 1 unspecified atom stereocenters. The molecule has 1 aromatic heterocycles. The average molecular weight is 254 g/mol. The minimum atomic E-state index is 0.714. The van der Waals surface area contributed by atoms with Crippen molar-refractivity contribution in [2.24, 2.45) is 0 Å². The largest absolute Gasteiger partial charge is 0.341 e. The summed E-state index contributed by atoms with van der Waals surface area (Å²) >= 11 is 0. The molecule has 2 aromatic rings. The molecule has 4 rings (SSSR count). The smallest absolute Gasteiger partial charge is 0.0488 e. The number of rotatable bonds is 2. The maximum Gasteiger partial charge on any atom is 0.0488 e.